The number of thiazole rings is 1. The lowest BCUT2D eigenvalue weighted by molar-refractivity contribution is 0.375. The van der Waals surface area contributed by atoms with Crippen LogP contribution in [0.15, 0.2) is 36.1 Å². The second-order valence-corrected chi connectivity index (χ2v) is 7.49. The van der Waals surface area contributed by atoms with Crippen molar-refractivity contribution in [2.45, 2.75) is 38.6 Å². The predicted molar refractivity (Wildman–Crippen MR) is 97.2 cm³/mol. The molecule has 1 saturated heterocycles. The average Bonchev–Trinajstić information content (AvgIpc) is 3.11. The van der Waals surface area contributed by atoms with Gasteiger partial charge in [-0.05, 0) is 30.4 Å². The number of piperidine rings is 1. The third-order valence-corrected chi connectivity index (χ3v) is 5.56. The van der Waals surface area contributed by atoms with Crippen molar-refractivity contribution in [3.05, 3.63) is 41.7 Å². The summed E-state index contributed by atoms with van der Waals surface area (Å²) in [6, 6.07) is 4.85. The Kier molecular flexibility index (Phi) is 5.62. The SMILES string of the molecule is CC(C)[C@@H](CNC1CCN(c2nccs2)CC1)c1cccnc1. The number of hydrogen-bond acceptors (Lipinski definition) is 5. The molecular weight excluding hydrogens is 304 g/mol. The zero-order valence-corrected chi connectivity index (χ0v) is 14.8. The Bertz CT molecular complexity index is 562. The highest BCUT2D eigenvalue weighted by Crippen LogP contribution is 2.25. The third-order valence-electron chi connectivity index (χ3n) is 4.73. The molecule has 1 aliphatic rings. The summed E-state index contributed by atoms with van der Waals surface area (Å²) in [5, 5.41) is 7.02. The van der Waals surface area contributed by atoms with Crippen LogP contribution in [-0.2, 0) is 0 Å². The first-order chi connectivity index (χ1) is 11.2. The molecule has 1 N–H and O–H groups in total. The second-order valence-electron chi connectivity index (χ2n) is 6.62. The lowest BCUT2D eigenvalue weighted by atomic mass is 9.89. The van der Waals surface area contributed by atoms with Gasteiger partial charge in [0.05, 0.1) is 0 Å². The van der Waals surface area contributed by atoms with Gasteiger partial charge in [-0.15, -0.1) is 11.3 Å². The number of anilines is 1. The van der Waals surface area contributed by atoms with E-state index in [9.17, 15) is 0 Å². The van der Waals surface area contributed by atoms with Gasteiger partial charge in [0.25, 0.3) is 0 Å². The highest BCUT2D eigenvalue weighted by Gasteiger charge is 2.22. The van der Waals surface area contributed by atoms with E-state index in [2.05, 4.69) is 45.5 Å². The van der Waals surface area contributed by atoms with Gasteiger partial charge >= 0.3 is 0 Å². The average molecular weight is 331 g/mol. The Hall–Kier alpha value is -1.46. The van der Waals surface area contributed by atoms with Crippen molar-refractivity contribution in [3.8, 4) is 0 Å². The Morgan fingerprint density at radius 3 is 2.74 bits per heavy atom. The van der Waals surface area contributed by atoms with E-state index in [1.807, 2.05) is 24.7 Å². The van der Waals surface area contributed by atoms with Gasteiger partial charge in [-0.25, -0.2) is 4.98 Å². The Morgan fingerprint density at radius 2 is 2.13 bits per heavy atom. The number of aromatic nitrogens is 2. The molecular formula is C18H26N4S. The molecule has 0 aromatic carbocycles. The van der Waals surface area contributed by atoms with Gasteiger partial charge in [-0.3, -0.25) is 4.98 Å². The molecule has 0 aliphatic carbocycles. The Morgan fingerprint density at radius 1 is 1.30 bits per heavy atom. The number of hydrogen-bond donors (Lipinski definition) is 1. The van der Waals surface area contributed by atoms with E-state index in [-0.39, 0.29) is 0 Å². The standard InChI is InChI=1S/C18H26N4S/c1-14(2)17(15-4-3-7-19-12-15)13-21-16-5-9-22(10-6-16)18-20-8-11-23-18/h3-4,7-8,11-12,14,16-17,21H,5-6,9-10,13H2,1-2H3/t17-/m1/s1. The van der Waals surface area contributed by atoms with E-state index < -0.39 is 0 Å². The van der Waals surface area contributed by atoms with E-state index in [1.165, 1.54) is 23.5 Å². The molecule has 0 amide bonds. The fourth-order valence-electron chi connectivity index (χ4n) is 3.27. The molecule has 1 atom stereocenters. The fraction of sp³-hybridized carbons (Fsp3) is 0.556. The van der Waals surface area contributed by atoms with Crippen LogP contribution in [-0.4, -0.2) is 35.6 Å². The van der Waals surface area contributed by atoms with Crippen molar-refractivity contribution in [2.24, 2.45) is 5.92 Å². The van der Waals surface area contributed by atoms with Crippen LogP contribution in [0, 0.1) is 5.92 Å². The molecule has 4 nitrogen and oxygen atoms in total. The van der Waals surface area contributed by atoms with Crippen LogP contribution < -0.4 is 10.2 Å². The molecule has 3 heterocycles. The highest BCUT2D eigenvalue weighted by atomic mass is 32.1. The first-order valence-electron chi connectivity index (χ1n) is 8.52. The minimum Gasteiger partial charge on any atom is -0.348 e. The largest absolute Gasteiger partial charge is 0.348 e. The van der Waals surface area contributed by atoms with E-state index in [0.29, 0.717) is 17.9 Å². The maximum Gasteiger partial charge on any atom is 0.185 e. The Balaban J connectivity index is 1.50. The molecule has 23 heavy (non-hydrogen) atoms. The molecule has 1 aliphatic heterocycles. The highest BCUT2D eigenvalue weighted by molar-refractivity contribution is 7.13. The first-order valence-corrected chi connectivity index (χ1v) is 9.39. The lowest BCUT2D eigenvalue weighted by Crippen LogP contribution is -2.44. The molecule has 124 valence electrons. The summed E-state index contributed by atoms with van der Waals surface area (Å²) in [5.74, 6) is 1.14. The van der Waals surface area contributed by atoms with Gasteiger partial charge in [0.15, 0.2) is 5.13 Å². The second kappa shape index (κ2) is 7.88. The van der Waals surface area contributed by atoms with E-state index in [4.69, 9.17) is 0 Å². The normalized spacial score (nSPS) is 17.6. The van der Waals surface area contributed by atoms with Crippen molar-refractivity contribution in [3.63, 3.8) is 0 Å². The van der Waals surface area contributed by atoms with Gasteiger partial charge in [-0.1, -0.05) is 19.9 Å². The monoisotopic (exact) mass is 330 g/mol. The van der Waals surface area contributed by atoms with Crippen LogP contribution in [0.2, 0.25) is 0 Å². The van der Waals surface area contributed by atoms with Crippen molar-refractivity contribution in [2.75, 3.05) is 24.5 Å². The van der Waals surface area contributed by atoms with Gasteiger partial charge in [0, 0.05) is 55.6 Å². The van der Waals surface area contributed by atoms with Crippen LogP contribution >= 0.6 is 11.3 Å². The van der Waals surface area contributed by atoms with Gasteiger partial charge in [0.2, 0.25) is 0 Å². The fourth-order valence-corrected chi connectivity index (χ4v) is 3.97. The summed E-state index contributed by atoms with van der Waals surface area (Å²) in [7, 11) is 0. The number of rotatable bonds is 6. The maximum absolute atomic E-state index is 4.42. The van der Waals surface area contributed by atoms with Crippen LogP contribution in [0.25, 0.3) is 0 Å². The van der Waals surface area contributed by atoms with Crippen molar-refractivity contribution < 1.29 is 0 Å². The van der Waals surface area contributed by atoms with E-state index in [1.54, 1.807) is 11.3 Å². The first kappa shape index (κ1) is 16.4. The molecule has 0 unspecified atom stereocenters. The van der Waals surface area contributed by atoms with Crippen LogP contribution in [0.5, 0.6) is 0 Å². The minimum absolute atomic E-state index is 0.528. The van der Waals surface area contributed by atoms with Crippen LogP contribution in [0.3, 0.4) is 0 Å². The Labute approximate surface area is 143 Å². The molecule has 1 fully saturated rings. The van der Waals surface area contributed by atoms with Gasteiger partial charge < -0.3 is 10.2 Å². The van der Waals surface area contributed by atoms with Gasteiger partial charge in [0.1, 0.15) is 0 Å². The molecule has 5 heteroatoms. The van der Waals surface area contributed by atoms with Crippen LogP contribution in [0.1, 0.15) is 38.2 Å². The summed E-state index contributed by atoms with van der Waals surface area (Å²) in [5.41, 5.74) is 1.34. The zero-order chi connectivity index (χ0) is 16.1. The van der Waals surface area contributed by atoms with E-state index >= 15 is 0 Å². The molecule has 2 aromatic heterocycles. The third kappa shape index (κ3) is 4.30. The summed E-state index contributed by atoms with van der Waals surface area (Å²) in [4.78, 5) is 11.1. The van der Waals surface area contributed by atoms with E-state index in [0.717, 1.165) is 19.6 Å². The van der Waals surface area contributed by atoms with Crippen molar-refractivity contribution in [1.82, 2.24) is 15.3 Å². The minimum atomic E-state index is 0.528. The molecule has 0 bridgehead atoms. The quantitative estimate of drug-likeness (QED) is 0.879. The number of nitrogens with zero attached hydrogens (tertiary/aromatic N) is 3. The maximum atomic E-state index is 4.42. The van der Waals surface area contributed by atoms with Crippen molar-refractivity contribution in [1.29, 1.82) is 0 Å². The predicted octanol–water partition coefficient (Wildman–Crippen LogP) is 3.54. The van der Waals surface area contributed by atoms with Gasteiger partial charge in [-0.2, -0.15) is 0 Å². The number of nitrogens with one attached hydrogen (secondary N) is 1. The summed E-state index contributed by atoms with van der Waals surface area (Å²) in [6.07, 6.45) is 8.14. The summed E-state index contributed by atoms with van der Waals surface area (Å²) < 4.78 is 0. The summed E-state index contributed by atoms with van der Waals surface area (Å²) in [6.45, 7) is 7.83. The molecule has 3 rings (SSSR count). The molecule has 0 spiro atoms. The van der Waals surface area contributed by atoms with Crippen molar-refractivity contribution >= 4 is 16.5 Å². The molecule has 2 aromatic rings. The zero-order valence-electron chi connectivity index (χ0n) is 14.0. The molecule has 0 saturated carbocycles. The smallest absolute Gasteiger partial charge is 0.185 e. The van der Waals surface area contributed by atoms with Crippen LogP contribution in [0.4, 0.5) is 5.13 Å². The topological polar surface area (TPSA) is 41.0 Å². The number of pyridine rings is 1. The molecule has 0 radical (unpaired) electrons. The lowest BCUT2D eigenvalue weighted by Gasteiger charge is -2.33. The summed E-state index contributed by atoms with van der Waals surface area (Å²) >= 11 is 1.74.